The first-order chi connectivity index (χ1) is 8.13. The molecule has 1 aromatic rings. The molecule has 0 amide bonds. The van der Waals surface area contributed by atoms with Crippen LogP contribution in [0.15, 0.2) is 6.33 Å². The molecule has 1 unspecified atom stereocenters. The summed E-state index contributed by atoms with van der Waals surface area (Å²) >= 11 is 0. The summed E-state index contributed by atoms with van der Waals surface area (Å²) in [5.74, 6) is 1.39. The SMILES string of the molecule is COCCCC(O)Cc1ncnn1CC(C)C. The molecule has 0 saturated heterocycles. The molecule has 1 heterocycles. The number of aromatic nitrogens is 3. The molecular weight excluding hydrogens is 218 g/mol. The predicted molar refractivity (Wildman–Crippen MR) is 65.7 cm³/mol. The third-order valence-corrected chi connectivity index (χ3v) is 2.54. The molecule has 0 saturated carbocycles. The Morgan fingerprint density at radius 1 is 1.47 bits per heavy atom. The molecule has 5 nitrogen and oxygen atoms in total. The van der Waals surface area contributed by atoms with Crippen molar-refractivity contribution in [3.63, 3.8) is 0 Å². The molecule has 98 valence electrons. The minimum absolute atomic E-state index is 0.361. The van der Waals surface area contributed by atoms with E-state index in [1.807, 2.05) is 4.68 Å². The standard InChI is InChI=1S/C12H23N3O2/c1-10(2)8-15-12(13-9-14-15)7-11(16)5-4-6-17-3/h9-11,16H,4-8H2,1-3H3. The summed E-state index contributed by atoms with van der Waals surface area (Å²) in [5, 5.41) is 14.0. The summed E-state index contributed by atoms with van der Waals surface area (Å²) in [4.78, 5) is 4.20. The molecule has 0 aliphatic rings. The summed E-state index contributed by atoms with van der Waals surface area (Å²) in [6.45, 7) is 5.82. The van der Waals surface area contributed by atoms with Gasteiger partial charge in [-0.05, 0) is 18.8 Å². The van der Waals surface area contributed by atoms with Crippen molar-refractivity contribution in [2.45, 2.75) is 45.8 Å². The van der Waals surface area contributed by atoms with Gasteiger partial charge in [0.05, 0.1) is 6.10 Å². The van der Waals surface area contributed by atoms with E-state index < -0.39 is 0 Å². The van der Waals surface area contributed by atoms with E-state index >= 15 is 0 Å². The fourth-order valence-electron chi connectivity index (χ4n) is 1.72. The average Bonchev–Trinajstić information content (AvgIpc) is 2.65. The number of ether oxygens (including phenoxy) is 1. The Bertz CT molecular complexity index is 312. The molecule has 0 spiro atoms. The van der Waals surface area contributed by atoms with Gasteiger partial charge in [0.25, 0.3) is 0 Å². The van der Waals surface area contributed by atoms with Gasteiger partial charge in [-0.3, -0.25) is 0 Å². The van der Waals surface area contributed by atoms with Crippen LogP contribution in [0.25, 0.3) is 0 Å². The predicted octanol–water partition coefficient (Wildman–Crippen LogP) is 1.26. The highest BCUT2D eigenvalue weighted by Gasteiger charge is 2.11. The smallest absolute Gasteiger partial charge is 0.138 e. The lowest BCUT2D eigenvalue weighted by molar-refractivity contribution is 0.132. The van der Waals surface area contributed by atoms with Crippen molar-refractivity contribution in [3.05, 3.63) is 12.2 Å². The lowest BCUT2D eigenvalue weighted by atomic mass is 10.1. The highest BCUT2D eigenvalue weighted by Crippen LogP contribution is 2.07. The average molecular weight is 241 g/mol. The number of aliphatic hydroxyl groups is 1. The van der Waals surface area contributed by atoms with E-state index in [1.165, 1.54) is 0 Å². The Morgan fingerprint density at radius 2 is 2.24 bits per heavy atom. The minimum Gasteiger partial charge on any atom is -0.393 e. The molecule has 0 aliphatic carbocycles. The molecule has 0 bridgehead atoms. The van der Waals surface area contributed by atoms with Gasteiger partial charge < -0.3 is 9.84 Å². The minimum atomic E-state index is -0.361. The Labute approximate surface area is 103 Å². The van der Waals surface area contributed by atoms with Crippen LogP contribution in [0.5, 0.6) is 0 Å². The van der Waals surface area contributed by atoms with Crippen molar-refractivity contribution >= 4 is 0 Å². The maximum atomic E-state index is 9.87. The van der Waals surface area contributed by atoms with E-state index in [1.54, 1.807) is 13.4 Å². The van der Waals surface area contributed by atoms with E-state index in [-0.39, 0.29) is 6.10 Å². The second-order valence-corrected chi connectivity index (χ2v) is 4.75. The third kappa shape index (κ3) is 5.28. The lowest BCUT2D eigenvalue weighted by Gasteiger charge is -2.12. The van der Waals surface area contributed by atoms with Gasteiger partial charge in [0, 0.05) is 26.7 Å². The van der Waals surface area contributed by atoms with Gasteiger partial charge >= 0.3 is 0 Å². The van der Waals surface area contributed by atoms with Gasteiger partial charge in [-0.2, -0.15) is 5.10 Å². The quantitative estimate of drug-likeness (QED) is 0.696. The Balaban J connectivity index is 2.41. The largest absolute Gasteiger partial charge is 0.393 e. The van der Waals surface area contributed by atoms with E-state index in [4.69, 9.17) is 4.74 Å². The summed E-state index contributed by atoms with van der Waals surface area (Å²) < 4.78 is 6.84. The molecule has 0 aliphatic heterocycles. The maximum Gasteiger partial charge on any atom is 0.138 e. The lowest BCUT2D eigenvalue weighted by Crippen LogP contribution is -2.17. The van der Waals surface area contributed by atoms with Gasteiger partial charge in [-0.15, -0.1) is 0 Å². The van der Waals surface area contributed by atoms with E-state index in [0.29, 0.717) is 18.9 Å². The molecule has 0 radical (unpaired) electrons. The molecule has 1 atom stereocenters. The van der Waals surface area contributed by atoms with Crippen LogP contribution in [0.1, 0.15) is 32.5 Å². The number of nitrogens with zero attached hydrogens (tertiary/aromatic N) is 3. The van der Waals surface area contributed by atoms with Crippen LogP contribution in [-0.4, -0.2) is 39.7 Å². The summed E-state index contributed by atoms with van der Waals surface area (Å²) in [6, 6.07) is 0. The van der Waals surface area contributed by atoms with Gasteiger partial charge in [0.15, 0.2) is 0 Å². The molecule has 0 fully saturated rings. The number of aliphatic hydroxyl groups excluding tert-OH is 1. The molecule has 0 aromatic carbocycles. The van der Waals surface area contributed by atoms with Crippen LogP contribution in [0, 0.1) is 5.92 Å². The molecule has 17 heavy (non-hydrogen) atoms. The zero-order chi connectivity index (χ0) is 12.7. The van der Waals surface area contributed by atoms with Crippen molar-refractivity contribution in [2.75, 3.05) is 13.7 Å². The second-order valence-electron chi connectivity index (χ2n) is 4.75. The first kappa shape index (κ1) is 14.1. The van der Waals surface area contributed by atoms with Crippen LogP contribution in [0.2, 0.25) is 0 Å². The first-order valence-corrected chi connectivity index (χ1v) is 6.17. The van der Waals surface area contributed by atoms with Crippen LogP contribution in [-0.2, 0) is 17.7 Å². The zero-order valence-electron chi connectivity index (χ0n) is 11.0. The summed E-state index contributed by atoms with van der Waals surface area (Å²) in [6.07, 6.45) is 3.37. The van der Waals surface area contributed by atoms with Crippen LogP contribution < -0.4 is 0 Å². The first-order valence-electron chi connectivity index (χ1n) is 6.17. The number of hydrogen-bond acceptors (Lipinski definition) is 4. The Kier molecular flexibility index (Phi) is 6.15. The van der Waals surface area contributed by atoms with E-state index in [2.05, 4.69) is 23.9 Å². The van der Waals surface area contributed by atoms with Gasteiger partial charge in [0.1, 0.15) is 12.2 Å². The topological polar surface area (TPSA) is 60.2 Å². The van der Waals surface area contributed by atoms with Crippen molar-refractivity contribution in [1.29, 1.82) is 0 Å². The van der Waals surface area contributed by atoms with Gasteiger partial charge in [0.2, 0.25) is 0 Å². The van der Waals surface area contributed by atoms with Crippen LogP contribution in [0.3, 0.4) is 0 Å². The maximum absolute atomic E-state index is 9.87. The zero-order valence-corrected chi connectivity index (χ0v) is 11.0. The third-order valence-electron chi connectivity index (χ3n) is 2.54. The number of rotatable bonds is 8. The molecule has 5 heteroatoms. The summed E-state index contributed by atoms with van der Waals surface area (Å²) in [5.41, 5.74) is 0. The normalized spacial score (nSPS) is 13.2. The Hall–Kier alpha value is -0.940. The Morgan fingerprint density at radius 3 is 2.88 bits per heavy atom. The van der Waals surface area contributed by atoms with Gasteiger partial charge in [-0.1, -0.05) is 13.8 Å². The number of hydrogen-bond donors (Lipinski definition) is 1. The van der Waals surface area contributed by atoms with Crippen LogP contribution in [0.4, 0.5) is 0 Å². The van der Waals surface area contributed by atoms with Crippen molar-refractivity contribution in [1.82, 2.24) is 14.8 Å². The highest BCUT2D eigenvalue weighted by atomic mass is 16.5. The molecule has 1 aromatic heterocycles. The summed E-state index contributed by atoms with van der Waals surface area (Å²) in [7, 11) is 1.67. The molecule has 1 N–H and O–H groups in total. The van der Waals surface area contributed by atoms with E-state index in [0.717, 1.165) is 25.2 Å². The highest BCUT2D eigenvalue weighted by molar-refractivity contribution is 4.87. The fraction of sp³-hybridized carbons (Fsp3) is 0.833. The molecular formula is C12H23N3O2. The van der Waals surface area contributed by atoms with Crippen molar-refractivity contribution < 1.29 is 9.84 Å². The monoisotopic (exact) mass is 241 g/mol. The van der Waals surface area contributed by atoms with Crippen molar-refractivity contribution in [2.24, 2.45) is 5.92 Å². The van der Waals surface area contributed by atoms with E-state index in [9.17, 15) is 5.11 Å². The van der Waals surface area contributed by atoms with Crippen molar-refractivity contribution in [3.8, 4) is 0 Å². The van der Waals surface area contributed by atoms with Crippen LogP contribution >= 0.6 is 0 Å². The number of methoxy groups -OCH3 is 1. The van der Waals surface area contributed by atoms with Gasteiger partial charge in [-0.25, -0.2) is 9.67 Å². The fourth-order valence-corrected chi connectivity index (χ4v) is 1.72. The molecule has 1 rings (SSSR count). The second kappa shape index (κ2) is 7.40.